The lowest BCUT2D eigenvalue weighted by atomic mass is 9.93. The maximum absolute atomic E-state index is 10.00. The van der Waals surface area contributed by atoms with Crippen LogP contribution in [0.15, 0.2) is 12.2 Å². The van der Waals surface area contributed by atoms with Crippen LogP contribution < -0.4 is 5.32 Å². The first kappa shape index (κ1) is 12.6. The van der Waals surface area contributed by atoms with Crippen molar-refractivity contribution in [3.8, 4) is 0 Å². The normalized spacial score (nSPS) is 36.6. The van der Waals surface area contributed by atoms with Crippen LogP contribution in [0.3, 0.4) is 0 Å². The van der Waals surface area contributed by atoms with Crippen molar-refractivity contribution >= 4 is 0 Å². The number of fused-ring (bicyclic) bond motifs is 2. The van der Waals surface area contributed by atoms with Crippen molar-refractivity contribution in [2.75, 3.05) is 32.7 Å². The van der Waals surface area contributed by atoms with Gasteiger partial charge in [0, 0.05) is 13.1 Å². The first-order valence-corrected chi connectivity index (χ1v) is 7.61. The number of rotatable bonds is 6. The van der Waals surface area contributed by atoms with Crippen molar-refractivity contribution in [3.63, 3.8) is 0 Å². The van der Waals surface area contributed by atoms with Gasteiger partial charge in [0.15, 0.2) is 0 Å². The SMILES string of the molecule is OC(CNCC1CC2C=CC1C2)CN1CCCC1. The molecule has 3 aliphatic rings. The number of hydrogen-bond donors (Lipinski definition) is 2. The van der Waals surface area contributed by atoms with Gasteiger partial charge in [0.05, 0.1) is 6.10 Å². The Balaban J connectivity index is 1.31. The zero-order chi connectivity index (χ0) is 12.4. The third kappa shape index (κ3) is 2.95. The van der Waals surface area contributed by atoms with Gasteiger partial charge in [-0.3, -0.25) is 0 Å². The molecule has 3 nitrogen and oxygen atoms in total. The fourth-order valence-electron chi connectivity index (χ4n) is 3.89. The van der Waals surface area contributed by atoms with E-state index in [-0.39, 0.29) is 6.10 Å². The zero-order valence-electron chi connectivity index (χ0n) is 11.2. The minimum Gasteiger partial charge on any atom is -0.390 e. The highest BCUT2D eigenvalue weighted by molar-refractivity contribution is 5.10. The highest BCUT2D eigenvalue weighted by atomic mass is 16.3. The largest absolute Gasteiger partial charge is 0.390 e. The van der Waals surface area contributed by atoms with Gasteiger partial charge in [-0.2, -0.15) is 0 Å². The molecule has 2 bridgehead atoms. The molecule has 4 atom stereocenters. The topological polar surface area (TPSA) is 35.5 Å². The molecule has 3 rings (SSSR count). The Morgan fingerprint density at radius 1 is 1.22 bits per heavy atom. The summed E-state index contributed by atoms with van der Waals surface area (Å²) in [5, 5.41) is 13.5. The molecule has 2 N–H and O–H groups in total. The van der Waals surface area contributed by atoms with E-state index >= 15 is 0 Å². The molecule has 3 heteroatoms. The number of nitrogens with one attached hydrogen (secondary N) is 1. The minimum atomic E-state index is -0.197. The van der Waals surface area contributed by atoms with Crippen LogP contribution in [0.2, 0.25) is 0 Å². The Kier molecular flexibility index (Phi) is 4.02. The number of aliphatic hydroxyl groups excluding tert-OH is 1. The summed E-state index contributed by atoms with van der Waals surface area (Å²) in [4.78, 5) is 2.38. The lowest BCUT2D eigenvalue weighted by molar-refractivity contribution is 0.122. The van der Waals surface area contributed by atoms with Crippen LogP contribution in [0, 0.1) is 17.8 Å². The minimum absolute atomic E-state index is 0.197. The molecule has 2 fully saturated rings. The summed E-state index contributed by atoms with van der Waals surface area (Å²) in [6.07, 6.45) is 9.94. The van der Waals surface area contributed by atoms with Gasteiger partial charge in [-0.1, -0.05) is 12.2 Å². The number of aliphatic hydroxyl groups is 1. The van der Waals surface area contributed by atoms with Gasteiger partial charge in [0.25, 0.3) is 0 Å². The van der Waals surface area contributed by atoms with Crippen molar-refractivity contribution in [1.82, 2.24) is 10.2 Å². The van der Waals surface area contributed by atoms with Gasteiger partial charge < -0.3 is 15.3 Å². The van der Waals surface area contributed by atoms with Crippen LogP contribution in [0.5, 0.6) is 0 Å². The third-order valence-electron chi connectivity index (χ3n) is 4.87. The molecule has 1 saturated heterocycles. The maximum Gasteiger partial charge on any atom is 0.0791 e. The Labute approximate surface area is 110 Å². The number of likely N-dealkylation sites (tertiary alicyclic amines) is 1. The van der Waals surface area contributed by atoms with Crippen molar-refractivity contribution in [2.24, 2.45) is 17.8 Å². The Hall–Kier alpha value is -0.380. The molecule has 0 amide bonds. The average molecular weight is 250 g/mol. The molecule has 4 unspecified atom stereocenters. The van der Waals surface area contributed by atoms with Crippen molar-refractivity contribution in [2.45, 2.75) is 31.8 Å². The standard InChI is InChI=1S/C15H26N2O/c18-15(11-17-5-1-2-6-17)10-16-9-14-8-12-3-4-13(14)7-12/h3-4,12-16,18H,1-2,5-11H2. The Morgan fingerprint density at radius 2 is 2.06 bits per heavy atom. The second-order valence-electron chi connectivity index (χ2n) is 6.36. The molecule has 2 aliphatic carbocycles. The molecule has 1 heterocycles. The van der Waals surface area contributed by atoms with Crippen LogP contribution >= 0.6 is 0 Å². The predicted octanol–water partition coefficient (Wildman–Crippen LogP) is 1.24. The summed E-state index contributed by atoms with van der Waals surface area (Å²) in [5.74, 6) is 2.49. The summed E-state index contributed by atoms with van der Waals surface area (Å²) < 4.78 is 0. The summed E-state index contributed by atoms with van der Waals surface area (Å²) in [6.45, 7) is 5.04. The maximum atomic E-state index is 10.00. The van der Waals surface area contributed by atoms with Crippen LogP contribution in [-0.4, -0.2) is 48.8 Å². The first-order valence-electron chi connectivity index (χ1n) is 7.61. The number of allylic oxidation sites excluding steroid dienone is 2. The highest BCUT2D eigenvalue weighted by Crippen LogP contribution is 2.42. The molecule has 102 valence electrons. The molecule has 0 aromatic rings. The molecular formula is C15H26N2O. The van der Waals surface area contributed by atoms with E-state index in [1.807, 2.05) is 0 Å². The van der Waals surface area contributed by atoms with Gasteiger partial charge in [0.2, 0.25) is 0 Å². The summed E-state index contributed by atoms with van der Waals surface area (Å²) in [5.41, 5.74) is 0. The highest BCUT2D eigenvalue weighted by Gasteiger charge is 2.35. The lowest BCUT2D eigenvalue weighted by Crippen LogP contribution is -2.38. The monoisotopic (exact) mass is 250 g/mol. The van der Waals surface area contributed by atoms with Crippen LogP contribution in [0.25, 0.3) is 0 Å². The second kappa shape index (κ2) is 5.72. The molecule has 0 radical (unpaired) electrons. The van der Waals surface area contributed by atoms with Gasteiger partial charge in [-0.05, 0) is 63.1 Å². The summed E-state index contributed by atoms with van der Waals surface area (Å²) in [6, 6.07) is 0. The van der Waals surface area contributed by atoms with E-state index < -0.39 is 0 Å². The van der Waals surface area contributed by atoms with Crippen molar-refractivity contribution < 1.29 is 5.11 Å². The third-order valence-corrected chi connectivity index (χ3v) is 4.87. The molecule has 0 spiro atoms. The summed E-state index contributed by atoms with van der Waals surface area (Å²) >= 11 is 0. The van der Waals surface area contributed by atoms with E-state index in [0.717, 1.165) is 37.4 Å². The van der Waals surface area contributed by atoms with Gasteiger partial charge in [-0.15, -0.1) is 0 Å². The van der Waals surface area contributed by atoms with E-state index in [1.165, 1.54) is 38.8 Å². The molecule has 0 aromatic carbocycles. The van der Waals surface area contributed by atoms with Crippen LogP contribution in [0.1, 0.15) is 25.7 Å². The summed E-state index contributed by atoms with van der Waals surface area (Å²) in [7, 11) is 0. The van der Waals surface area contributed by atoms with Crippen LogP contribution in [0.4, 0.5) is 0 Å². The van der Waals surface area contributed by atoms with Gasteiger partial charge >= 0.3 is 0 Å². The second-order valence-corrected chi connectivity index (χ2v) is 6.36. The average Bonchev–Trinajstić information content (AvgIpc) is 3.04. The van der Waals surface area contributed by atoms with E-state index in [2.05, 4.69) is 22.4 Å². The van der Waals surface area contributed by atoms with Gasteiger partial charge in [-0.25, -0.2) is 0 Å². The van der Waals surface area contributed by atoms with E-state index in [0.29, 0.717) is 0 Å². The lowest BCUT2D eigenvalue weighted by Gasteiger charge is -2.22. The molecule has 0 aromatic heterocycles. The number of β-amino-alcohol motifs (C(OH)–C–C–N with tert-alkyl or cyclic N) is 1. The first-order chi connectivity index (χ1) is 8.81. The number of hydrogen-bond acceptors (Lipinski definition) is 3. The van der Waals surface area contributed by atoms with Crippen molar-refractivity contribution in [3.05, 3.63) is 12.2 Å². The molecule has 18 heavy (non-hydrogen) atoms. The predicted molar refractivity (Wildman–Crippen MR) is 73.4 cm³/mol. The zero-order valence-corrected chi connectivity index (χ0v) is 11.2. The van der Waals surface area contributed by atoms with E-state index in [4.69, 9.17) is 0 Å². The quantitative estimate of drug-likeness (QED) is 0.696. The Morgan fingerprint density at radius 3 is 2.72 bits per heavy atom. The fraction of sp³-hybridized carbons (Fsp3) is 0.867. The van der Waals surface area contributed by atoms with Gasteiger partial charge in [0.1, 0.15) is 0 Å². The molecular weight excluding hydrogens is 224 g/mol. The molecule has 1 aliphatic heterocycles. The van der Waals surface area contributed by atoms with E-state index in [1.54, 1.807) is 0 Å². The number of nitrogens with zero attached hydrogens (tertiary/aromatic N) is 1. The van der Waals surface area contributed by atoms with Crippen LogP contribution in [-0.2, 0) is 0 Å². The van der Waals surface area contributed by atoms with E-state index in [9.17, 15) is 5.11 Å². The Bertz CT molecular complexity index is 299. The molecule has 1 saturated carbocycles. The fourth-order valence-corrected chi connectivity index (χ4v) is 3.89. The smallest absolute Gasteiger partial charge is 0.0791 e. The van der Waals surface area contributed by atoms with Crippen molar-refractivity contribution in [1.29, 1.82) is 0 Å².